The van der Waals surface area contributed by atoms with Gasteiger partial charge in [-0.1, -0.05) is 24.3 Å². The molecule has 1 aromatic carbocycles. The Balaban J connectivity index is 2.44. The van der Waals surface area contributed by atoms with Crippen molar-refractivity contribution in [3.05, 3.63) is 41.2 Å². The highest BCUT2D eigenvalue weighted by Crippen LogP contribution is 2.19. The number of azo groups is 1. The van der Waals surface area contributed by atoms with Crippen LogP contribution in [0.15, 0.2) is 34.5 Å². The highest BCUT2D eigenvalue weighted by atomic mass is 32.2. The number of rotatable bonds is 6. The van der Waals surface area contributed by atoms with Crippen LogP contribution < -0.4 is 5.14 Å². The fourth-order valence-electron chi connectivity index (χ4n) is 1.83. The van der Waals surface area contributed by atoms with Crippen molar-refractivity contribution in [3.8, 4) is 0 Å². The number of aromatic nitrogens is 2. The lowest BCUT2D eigenvalue weighted by molar-refractivity contribution is 0.0964. The van der Waals surface area contributed by atoms with E-state index in [9.17, 15) is 18.0 Å². The molecule has 0 fully saturated rings. The van der Waals surface area contributed by atoms with Crippen LogP contribution in [0.3, 0.4) is 0 Å². The molecular formula is C13H13N5O4S2. The van der Waals surface area contributed by atoms with Crippen LogP contribution in [-0.2, 0) is 10.0 Å². The molecular weight excluding hydrogens is 354 g/mol. The Morgan fingerprint density at radius 1 is 1.25 bits per heavy atom. The van der Waals surface area contributed by atoms with Crippen LogP contribution >= 0.6 is 11.5 Å². The van der Waals surface area contributed by atoms with E-state index in [-0.39, 0.29) is 22.0 Å². The van der Waals surface area contributed by atoms with Gasteiger partial charge in [-0.2, -0.15) is 9.49 Å². The summed E-state index contributed by atoms with van der Waals surface area (Å²) in [6.07, 6.45) is 0. The standard InChI is InChI=1S/C13H13N5O4S2/c1-7(19)9-5-3-4-6-10(9)11(20)12(24(14,21)22)16-17-13-15-8(2)18-23-13/h3-6,12H,1-2H3,(H2,14,21,22). The monoisotopic (exact) mass is 367 g/mol. The summed E-state index contributed by atoms with van der Waals surface area (Å²) >= 11 is 0.895. The van der Waals surface area contributed by atoms with Gasteiger partial charge in [0.15, 0.2) is 5.78 Å². The molecule has 2 N–H and O–H groups in total. The first-order valence-corrected chi connectivity index (χ1v) is 8.95. The Kier molecular flexibility index (Phi) is 5.26. The predicted molar refractivity (Wildman–Crippen MR) is 86.8 cm³/mol. The molecule has 1 heterocycles. The minimum absolute atomic E-state index is 0.0816. The number of aryl methyl sites for hydroxylation is 1. The van der Waals surface area contributed by atoms with Gasteiger partial charge in [0.1, 0.15) is 5.82 Å². The van der Waals surface area contributed by atoms with Crippen LogP contribution in [0.2, 0.25) is 0 Å². The topological polar surface area (TPSA) is 145 Å². The second kappa shape index (κ2) is 7.03. The molecule has 0 aliphatic rings. The Morgan fingerprint density at radius 2 is 1.88 bits per heavy atom. The third-order valence-corrected chi connectivity index (χ3v) is 4.49. The molecule has 0 saturated carbocycles. The van der Waals surface area contributed by atoms with E-state index < -0.39 is 21.2 Å². The molecule has 126 valence electrons. The zero-order chi connectivity index (χ0) is 17.9. The normalized spacial score (nSPS) is 13.1. The molecule has 9 nitrogen and oxygen atoms in total. The van der Waals surface area contributed by atoms with E-state index in [1.807, 2.05) is 0 Å². The average molecular weight is 367 g/mol. The minimum atomic E-state index is -4.38. The molecule has 0 saturated heterocycles. The maximum absolute atomic E-state index is 12.5. The summed E-state index contributed by atoms with van der Waals surface area (Å²) in [5, 5.41) is 10.3. The van der Waals surface area contributed by atoms with Gasteiger partial charge in [0.05, 0.1) is 0 Å². The third-order valence-electron chi connectivity index (χ3n) is 2.87. The highest BCUT2D eigenvalue weighted by Gasteiger charge is 2.32. The average Bonchev–Trinajstić information content (AvgIpc) is 2.91. The first-order valence-electron chi connectivity index (χ1n) is 6.57. The number of hydrogen-bond acceptors (Lipinski definition) is 9. The minimum Gasteiger partial charge on any atom is -0.294 e. The van der Waals surface area contributed by atoms with E-state index in [0.717, 1.165) is 11.5 Å². The molecule has 11 heteroatoms. The van der Waals surface area contributed by atoms with Crippen molar-refractivity contribution in [2.24, 2.45) is 15.4 Å². The largest absolute Gasteiger partial charge is 0.294 e. The van der Waals surface area contributed by atoms with E-state index in [1.54, 1.807) is 13.0 Å². The summed E-state index contributed by atoms with van der Waals surface area (Å²) in [6, 6.07) is 5.82. The molecule has 0 spiro atoms. The van der Waals surface area contributed by atoms with Crippen molar-refractivity contribution in [2.45, 2.75) is 19.2 Å². The van der Waals surface area contributed by atoms with Gasteiger partial charge in [-0.25, -0.2) is 18.5 Å². The summed E-state index contributed by atoms with van der Waals surface area (Å²) in [7, 11) is -4.38. The summed E-state index contributed by atoms with van der Waals surface area (Å²) < 4.78 is 27.3. The number of Topliss-reactive ketones (excluding diaryl/α,β-unsaturated/α-hetero) is 2. The summed E-state index contributed by atoms with van der Waals surface area (Å²) in [4.78, 5) is 28.1. The SMILES string of the molecule is CC(=O)c1ccccc1C(=O)C(N=Nc1nc(C)ns1)S(N)(=O)=O. The van der Waals surface area contributed by atoms with Crippen molar-refractivity contribution in [1.29, 1.82) is 0 Å². The van der Waals surface area contributed by atoms with Crippen LogP contribution in [0.1, 0.15) is 33.5 Å². The van der Waals surface area contributed by atoms with Crippen molar-refractivity contribution in [3.63, 3.8) is 0 Å². The molecule has 2 rings (SSSR count). The van der Waals surface area contributed by atoms with Crippen molar-refractivity contribution in [1.82, 2.24) is 9.36 Å². The maximum atomic E-state index is 12.5. The van der Waals surface area contributed by atoms with Gasteiger partial charge in [0, 0.05) is 22.7 Å². The van der Waals surface area contributed by atoms with E-state index in [4.69, 9.17) is 5.14 Å². The smallest absolute Gasteiger partial charge is 0.249 e. The van der Waals surface area contributed by atoms with E-state index in [2.05, 4.69) is 19.6 Å². The van der Waals surface area contributed by atoms with E-state index in [0.29, 0.717) is 5.82 Å². The van der Waals surface area contributed by atoms with E-state index >= 15 is 0 Å². The van der Waals surface area contributed by atoms with Crippen molar-refractivity contribution >= 4 is 38.3 Å². The van der Waals surface area contributed by atoms with Crippen LogP contribution in [0.5, 0.6) is 0 Å². The molecule has 24 heavy (non-hydrogen) atoms. The van der Waals surface area contributed by atoms with Crippen LogP contribution in [0, 0.1) is 6.92 Å². The lowest BCUT2D eigenvalue weighted by atomic mass is 10.0. The van der Waals surface area contributed by atoms with Crippen LogP contribution in [-0.4, -0.2) is 34.7 Å². The van der Waals surface area contributed by atoms with Gasteiger partial charge in [0.2, 0.25) is 26.3 Å². The van der Waals surface area contributed by atoms with Gasteiger partial charge in [-0.05, 0) is 13.8 Å². The number of ketones is 2. The fourth-order valence-corrected chi connectivity index (χ4v) is 2.95. The number of benzene rings is 1. The molecule has 0 bridgehead atoms. The summed E-state index contributed by atoms with van der Waals surface area (Å²) in [5.74, 6) is -0.883. The zero-order valence-electron chi connectivity index (χ0n) is 12.7. The summed E-state index contributed by atoms with van der Waals surface area (Å²) in [5.41, 5.74) is -0.00507. The van der Waals surface area contributed by atoms with Crippen LogP contribution in [0.4, 0.5) is 5.13 Å². The number of nitrogens with two attached hydrogens (primary N) is 1. The molecule has 1 atom stereocenters. The van der Waals surface area contributed by atoms with E-state index in [1.165, 1.54) is 25.1 Å². The van der Waals surface area contributed by atoms with Crippen molar-refractivity contribution < 1.29 is 18.0 Å². The Bertz CT molecular complexity index is 920. The van der Waals surface area contributed by atoms with Gasteiger partial charge in [0.25, 0.3) is 0 Å². The zero-order valence-corrected chi connectivity index (χ0v) is 14.3. The Hall–Kier alpha value is -2.37. The Morgan fingerprint density at radius 3 is 2.38 bits per heavy atom. The Labute approximate surface area is 141 Å². The molecule has 0 aliphatic carbocycles. The van der Waals surface area contributed by atoms with Crippen LogP contribution in [0.25, 0.3) is 0 Å². The lowest BCUT2D eigenvalue weighted by Crippen LogP contribution is -2.34. The summed E-state index contributed by atoms with van der Waals surface area (Å²) in [6.45, 7) is 2.89. The maximum Gasteiger partial charge on any atom is 0.249 e. The highest BCUT2D eigenvalue weighted by molar-refractivity contribution is 7.90. The predicted octanol–water partition coefficient (Wildman–Crippen LogP) is 1.63. The molecule has 2 aromatic rings. The number of primary sulfonamides is 1. The molecule has 1 unspecified atom stereocenters. The van der Waals surface area contributed by atoms with Gasteiger partial charge in [-0.15, -0.1) is 5.11 Å². The number of carbonyl (C=O) groups excluding carboxylic acids is 2. The number of sulfonamides is 1. The fraction of sp³-hybridized carbons (Fsp3) is 0.231. The third kappa shape index (κ3) is 4.13. The molecule has 0 aliphatic heterocycles. The first-order chi connectivity index (χ1) is 11.2. The van der Waals surface area contributed by atoms with Crippen molar-refractivity contribution in [2.75, 3.05) is 0 Å². The first kappa shape index (κ1) is 18.0. The second-order valence-electron chi connectivity index (χ2n) is 4.75. The van der Waals surface area contributed by atoms with Gasteiger partial charge < -0.3 is 0 Å². The second-order valence-corrected chi connectivity index (χ2v) is 7.10. The number of carbonyl (C=O) groups is 2. The number of nitrogens with zero attached hydrogens (tertiary/aromatic N) is 4. The molecule has 0 amide bonds. The number of hydrogen-bond donors (Lipinski definition) is 1. The van der Waals surface area contributed by atoms with Gasteiger partial charge in [-0.3, -0.25) is 9.59 Å². The van der Waals surface area contributed by atoms with Gasteiger partial charge >= 0.3 is 0 Å². The quantitative estimate of drug-likeness (QED) is 0.606. The lowest BCUT2D eigenvalue weighted by Gasteiger charge is -2.10. The molecule has 1 aromatic heterocycles. The molecule has 0 radical (unpaired) electrons.